The lowest BCUT2D eigenvalue weighted by molar-refractivity contribution is 0.0651. The minimum absolute atomic E-state index is 0.202. The Morgan fingerprint density at radius 3 is 2.45 bits per heavy atom. The molecular formula is C29H26B2N4O3. The minimum Gasteiger partial charge on any atom is -0.499 e. The second-order valence-corrected chi connectivity index (χ2v) is 9.25. The number of allylic oxidation sites excluding steroid dienone is 4. The van der Waals surface area contributed by atoms with Crippen molar-refractivity contribution in [1.82, 2.24) is 19.7 Å². The van der Waals surface area contributed by atoms with Crippen molar-refractivity contribution >= 4 is 33.2 Å². The Kier molecular flexibility index (Phi) is 8.02. The Morgan fingerprint density at radius 1 is 1.08 bits per heavy atom. The Morgan fingerprint density at radius 2 is 1.79 bits per heavy atom. The first kappa shape index (κ1) is 26.7. The number of amides is 2. The number of carbonyl (C=O) groups excluding carboxylic acids is 2. The Bertz CT molecular complexity index is 1430. The number of hydrogen-bond acceptors (Lipinski definition) is 5. The number of nitrogens with zero attached hydrogens (tertiary/aromatic N) is 4. The molecule has 1 aliphatic rings. The Labute approximate surface area is 225 Å². The molecule has 38 heavy (non-hydrogen) atoms. The van der Waals surface area contributed by atoms with E-state index < -0.39 is 5.40 Å². The first-order chi connectivity index (χ1) is 18.2. The molecule has 1 aliphatic heterocycles. The highest BCUT2D eigenvalue weighted by atomic mass is 16.5. The highest BCUT2D eigenvalue weighted by Crippen LogP contribution is 2.23. The summed E-state index contributed by atoms with van der Waals surface area (Å²) in [6, 6.07) is 15.0. The molecule has 0 bridgehead atoms. The number of terminal acetylenes is 1. The molecule has 1 aromatic heterocycles. The number of fused-ring (bicyclic) bond motifs is 1. The van der Waals surface area contributed by atoms with Crippen molar-refractivity contribution in [3.63, 3.8) is 0 Å². The third-order valence-corrected chi connectivity index (χ3v) is 5.96. The molecule has 4 rings (SSSR count). The van der Waals surface area contributed by atoms with Gasteiger partial charge in [-0.15, -0.1) is 11.5 Å². The highest BCUT2D eigenvalue weighted by molar-refractivity contribution is 6.38. The van der Waals surface area contributed by atoms with Gasteiger partial charge >= 0.3 is 0 Å². The molecule has 0 atom stereocenters. The number of rotatable bonds is 10. The maximum absolute atomic E-state index is 12.5. The first-order valence-corrected chi connectivity index (χ1v) is 12.2. The van der Waals surface area contributed by atoms with Crippen LogP contribution in [-0.4, -0.2) is 59.1 Å². The first-order valence-electron chi connectivity index (χ1n) is 12.2. The topological polar surface area (TPSA) is 77.3 Å². The van der Waals surface area contributed by atoms with E-state index in [1.165, 1.54) is 11.8 Å². The minimum atomic E-state index is -1.37. The van der Waals surface area contributed by atoms with Crippen molar-refractivity contribution in [2.45, 2.75) is 38.5 Å². The van der Waals surface area contributed by atoms with Crippen LogP contribution in [-0.2, 0) is 11.2 Å². The van der Waals surface area contributed by atoms with Gasteiger partial charge in [0.05, 0.1) is 11.1 Å². The van der Waals surface area contributed by atoms with E-state index in [-0.39, 0.29) is 17.6 Å². The van der Waals surface area contributed by atoms with Crippen molar-refractivity contribution in [2.24, 2.45) is 0 Å². The zero-order chi connectivity index (χ0) is 27.3. The van der Waals surface area contributed by atoms with Gasteiger partial charge in [-0.05, 0) is 74.9 Å². The number of ether oxygens (including phenoxy) is 1. The van der Waals surface area contributed by atoms with Crippen molar-refractivity contribution in [3.8, 4) is 23.7 Å². The van der Waals surface area contributed by atoms with Crippen LogP contribution in [0.15, 0.2) is 72.8 Å². The van der Waals surface area contributed by atoms with Gasteiger partial charge in [0.1, 0.15) is 22.0 Å². The molecule has 0 spiro atoms. The van der Waals surface area contributed by atoms with E-state index in [0.717, 1.165) is 36.1 Å². The zero-order valence-electron chi connectivity index (χ0n) is 21.4. The fourth-order valence-electron chi connectivity index (χ4n) is 4.09. The van der Waals surface area contributed by atoms with Crippen molar-refractivity contribution < 1.29 is 14.3 Å². The van der Waals surface area contributed by atoms with Gasteiger partial charge in [-0.3, -0.25) is 14.5 Å². The molecule has 2 amide bonds. The molecule has 4 radical (unpaired) electrons. The highest BCUT2D eigenvalue weighted by Gasteiger charge is 2.34. The number of hydrogen-bond donors (Lipinski definition) is 0. The van der Waals surface area contributed by atoms with Gasteiger partial charge in [-0.2, -0.15) is 0 Å². The summed E-state index contributed by atoms with van der Waals surface area (Å²) in [6.45, 7) is 3.76. The van der Waals surface area contributed by atoms with Crippen molar-refractivity contribution in [3.05, 3.63) is 89.5 Å². The van der Waals surface area contributed by atoms with E-state index in [4.69, 9.17) is 26.9 Å². The summed E-state index contributed by atoms with van der Waals surface area (Å²) < 4.78 is 6.95. The van der Waals surface area contributed by atoms with Gasteiger partial charge in [0.15, 0.2) is 11.6 Å². The maximum Gasteiger partial charge on any atom is 0.261 e. The normalized spacial score (nSPS) is 14.0. The van der Waals surface area contributed by atoms with Gasteiger partial charge < -0.3 is 4.74 Å². The maximum atomic E-state index is 12.5. The Hall–Kier alpha value is -4.31. The molecule has 9 heteroatoms. The third-order valence-electron chi connectivity index (χ3n) is 5.96. The summed E-state index contributed by atoms with van der Waals surface area (Å²) in [7, 11) is 11.3. The van der Waals surface area contributed by atoms with Gasteiger partial charge in [0.2, 0.25) is 0 Å². The number of unbranched alkanes of at least 4 members (excludes halogenated alkanes) is 1. The number of benzene rings is 2. The number of aryl methyl sites for hydroxylation is 1. The smallest absolute Gasteiger partial charge is 0.261 e. The van der Waals surface area contributed by atoms with E-state index in [9.17, 15) is 9.59 Å². The number of carbonyl (C=O) groups is 2. The monoisotopic (exact) mass is 500 g/mol. The molecule has 0 saturated carbocycles. The van der Waals surface area contributed by atoms with Gasteiger partial charge in [-0.1, -0.05) is 30.3 Å². The molecule has 0 saturated heterocycles. The largest absolute Gasteiger partial charge is 0.499 e. The summed E-state index contributed by atoms with van der Waals surface area (Å²) in [5, 5.41) is 3.19. The SMILES string of the molecule is [B]C([B])(C)O/C(C#C)=C/C=C(\C)n1cnc(-c2cccc(CCCCN3C(=O)c4ccccc4C3=O)c2)n1. The lowest BCUT2D eigenvalue weighted by Gasteiger charge is -2.21. The van der Waals surface area contributed by atoms with Crippen LogP contribution in [0.3, 0.4) is 0 Å². The summed E-state index contributed by atoms with van der Waals surface area (Å²) >= 11 is 0. The average molecular weight is 500 g/mol. The standard InChI is InChI=1S/C29H26B2N4O3/c1-4-23(38-29(3,30)31)16-15-20(2)35-19-32-26(33-35)22-12-9-11-21(18-22)10-7-8-17-34-27(36)24-13-5-6-14-25(24)28(34)37/h1,5-6,9,11-16,18-19H,7-8,10,17H2,2-3H3/b20-15+,23-16+. The van der Waals surface area contributed by atoms with Crippen molar-refractivity contribution in [1.29, 1.82) is 0 Å². The molecule has 2 aromatic carbocycles. The van der Waals surface area contributed by atoms with Gasteiger partial charge in [-0.25, -0.2) is 9.67 Å². The van der Waals surface area contributed by atoms with Gasteiger partial charge in [0, 0.05) is 23.2 Å². The summed E-state index contributed by atoms with van der Waals surface area (Å²) in [5.41, 5.74) is 3.74. The molecule has 186 valence electrons. The van der Waals surface area contributed by atoms with Crippen LogP contribution >= 0.6 is 0 Å². The molecule has 3 aromatic rings. The fourth-order valence-corrected chi connectivity index (χ4v) is 4.09. The number of aromatic nitrogens is 3. The van der Waals surface area contributed by atoms with Crippen LogP contribution in [0.1, 0.15) is 53.0 Å². The average Bonchev–Trinajstić information content (AvgIpc) is 3.48. The van der Waals surface area contributed by atoms with Gasteiger partial charge in [0.25, 0.3) is 11.8 Å². The molecule has 2 heterocycles. The van der Waals surface area contributed by atoms with Crippen LogP contribution in [0.25, 0.3) is 17.1 Å². The van der Waals surface area contributed by atoms with Crippen LogP contribution in [0.2, 0.25) is 0 Å². The molecule has 0 fully saturated rings. The Balaban J connectivity index is 1.35. The molecule has 0 N–H and O–H groups in total. The predicted octanol–water partition coefficient (Wildman–Crippen LogP) is 3.97. The van der Waals surface area contributed by atoms with Crippen LogP contribution in [0.5, 0.6) is 0 Å². The van der Waals surface area contributed by atoms with E-state index in [0.29, 0.717) is 23.5 Å². The second-order valence-electron chi connectivity index (χ2n) is 9.25. The van der Waals surface area contributed by atoms with E-state index in [1.807, 2.05) is 31.2 Å². The summed E-state index contributed by atoms with van der Waals surface area (Å²) in [5.74, 6) is 2.76. The van der Waals surface area contributed by atoms with E-state index >= 15 is 0 Å². The zero-order valence-corrected chi connectivity index (χ0v) is 21.4. The van der Waals surface area contributed by atoms with E-state index in [2.05, 4.69) is 16.0 Å². The molecular weight excluding hydrogens is 474 g/mol. The lowest BCUT2D eigenvalue weighted by atomic mass is 9.67. The molecule has 0 aliphatic carbocycles. The summed E-state index contributed by atoms with van der Waals surface area (Å²) in [6.07, 6.45) is 12.8. The van der Waals surface area contributed by atoms with Crippen LogP contribution in [0, 0.1) is 12.3 Å². The molecule has 0 unspecified atom stereocenters. The predicted molar refractivity (Wildman–Crippen MR) is 148 cm³/mol. The van der Waals surface area contributed by atoms with Crippen LogP contribution < -0.4 is 0 Å². The number of imide groups is 1. The van der Waals surface area contributed by atoms with Crippen LogP contribution in [0.4, 0.5) is 0 Å². The summed E-state index contributed by atoms with van der Waals surface area (Å²) in [4.78, 5) is 30.8. The quantitative estimate of drug-likeness (QED) is 0.105. The van der Waals surface area contributed by atoms with Crippen molar-refractivity contribution in [2.75, 3.05) is 6.54 Å². The lowest BCUT2D eigenvalue weighted by Crippen LogP contribution is -2.30. The van der Waals surface area contributed by atoms with E-state index in [1.54, 1.807) is 47.4 Å². The third kappa shape index (κ3) is 6.33. The second kappa shape index (κ2) is 11.4. The molecule has 7 nitrogen and oxygen atoms in total. The fraction of sp³-hybridized carbons (Fsp3) is 0.241.